The van der Waals surface area contributed by atoms with Crippen LogP contribution in [-0.2, 0) is 0 Å². The topological polar surface area (TPSA) is 26.0 Å². The molecule has 0 fully saturated rings. The Hall–Kier alpha value is 0.380. The number of hydrogen-bond acceptors (Lipinski definition) is 2. The molecule has 1 unspecified atom stereocenters. The highest BCUT2D eigenvalue weighted by molar-refractivity contribution is 14.1. The minimum atomic E-state index is -0.108. The van der Waals surface area contributed by atoms with Gasteiger partial charge in [0.2, 0.25) is 0 Å². The molecule has 0 amide bonds. The molecule has 5 heteroatoms. The Kier molecular flexibility index (Phi) is 4.29. The molecule has 0 aliphatic rings. The van der Waals surface area contributed by atoms with Crippen LogP contribution in [0.2, 0.25) is 5.02 Å². The lowest BCUT2D eigenvalue weighted by Gasteiger charge is -2.09. The van der Waals surface area contributed by atoms with Gasteiger partial charge < -0.3 is 5.73 Å². The van der Waals surface area contributed by atoms with Crippen molar-refractivity contribution in [1.82, 2.24) is 0 Å². The van der Waals surface area contributed by atoms with Crippen LogP contribution >= 0.6 is 61.5 Å². The lowest BCUT2D eigenvalue weighted by Crippen LogP contribution is -2.10. The van der Waals surface area contributed by atoms with Crippen molar-refractivity contribution in [2.24, 2.45) is 5.73 Å². The SMILES string of the molecule is NC(c1cccc(I)c1)c1cc(Cl)c(Br)s1. The van der Waals surface area contributed by atoms with Gasteiger partial charge in [-0.25, -0.2) is 0 Å². The zero-order valence-corrected chi connectivity index (χ0v) is 13.4. The van der Waals surface area contributed by atoms with Crippen molar-refractivity contribution in [3.05, 3.63) is 53.2 Å². The zero-order valence-electron chi connectivity index (χ0n) is 8.08. The lowest BCUT2D eigenvalue weighted by atomic mass is 10.1. The van der Waals surface area contributed by atoms with Gasteiger partial charge in [-0.3, -0.25) is 0 Å². The van der Waals surface area contributed by atoms with Gasteiger partial charge in [0, 0.05) is 8.45 Å². The summed E-state index contributed by atoms with van der Waals surface area (Å²) in [6.45, 7) is 0. The van der Waals surface area contributed by atoms with E-state index in [0.717, 1.165) is 19.2 Å². The Labute approximate surface area is 125 Å². The van der Waals surface area contributed by atoms with E-state index in [4.69, 9.17) is 17.3 Å². The molecule has 0 saturated carbocycles. The molecule has 0 spiro atoms. The molecule has 16 heavy (non-hydrogen) atoms. The summed E-state index contributed by atoms with van der Waals surface area (Å²) in [5.74, 6) is 0. The van der Waals surface area contributed by atoms with Crippen LogP contribution < -0.4 is 5.73 Å². The van der Waals surface area contributed by atoms with E-state index < -0.39 is 0 Å². The van der Waals surface area contributed by atoms with Gasteiger partial charge in [-0.05, 0) is 62.3 Å². The maximum absolute atomic E-state index is 6.20. The first-order valence-corrected chi connectivity index (χ1v) is 7.60. The quantitative estimate of drug-likeness (QED) is 0.682. The average molecular weight is 429 g/mol. The smallest absolute Gasteiger partial charge is 0.0888 e. The fourth-order valence-corrected chi connectivity index (χ4v) is 3.72. The van der Waals surface area contributed by atoms with Crippen LogP contribution in [0.15, 0.2) is 34.1 Å². The van der Waals surface area contributed by atoms with Crippen molar-refractivity contribution in [2.45, 2.75) is 6.04 Å². The maximum atomic E-state index is 6.20. The fraction of sp³-hybridized carbons (Fsp3) is 0.0909. The Morgan fingerprint density at radius 1 is 1.38 bits per heavy atom. The highest BCUT2D eigenvalue weighted by Crippen LogP contribution is 2.36. The number of benzene rings is 1. The lowest BCUT2D eigenvalue weighted by molar-refractivity contribution is 0.892. The Balaban J connectivity index is 2.35. The van der Waals surface area contributed by atoms with E-state index in [9.17, 15) is 0 Å². The third-order valence-corrected chi connectivity index (χ3v) is 5.41. The first-order chi connectivity index (χ1) is 7.58. The standard InChI is InChI=1S/C11H8BrClINS/c12-11-8(13)5-9(16-11)10(15)6-2-1-3-7(14)4-6/h1-5,10H,15H2. The molecule has 2 rings (SSSR count). The summed E-state index contributed by atoms with van der Waals surface area (Å²) in [6.07, 6.45) is 0. The maximum Gasteiger partial charge on any atom is 0.0888 e. The van der Waals surface area contributed by atoms with Crippen molar-refractivity contribution in [1.29, 1.82) is 0 Å². The molecule has 1 aromatic carbocycles. The summed E-state index contributed by atoms with van der Waals surface area (Å²) in [6, 6.07) is 10.0. The van der Waals surface area contributed by atoms with Crippen LogP contribution in [0.5, 0.6) is 0 Å². The Morgan fingerprint density at radius 3 is 2.69 bits per heavy atom. The second kappa shape index (κ2) is 5.35. The highest BCUT2D eigenvalue weighted by atomic mass is 127. The molecule has 0 bridgehead atoms. The minimum Gasteiger partial charge on any atom is -0.320 e. The van der Waals surface area contributed by atoms with E-state index in [1.54, 1.807) is 11.3 Å². The zero-order chi connectivity index (χ0) is 11.7. The molecule has 0 saturated heterocycles. The minimum absolute atomic E-state index is 0.108. The molecular weight excluding hydrogens is 420 g/mol. The average Bonchev–Trinajstić information content (AvgIpc) is 2.58. The summed E-state index contributed by atoms with van der Waals surface area (Å²) in [5, 5.41) is 0.723. The Bertz CT molecular complexity index is 495. The van der Waals surface area contributed by atoms with E-state index in [-0.39, 0.29) is 6.04 Å². The molecule has 2 aromatic rings. The van der Waals surface area contributed by atoms with Crippen LogP contribution in [0.1, 0.15) is 16.5 Å². The molecule has 2 N–H and O–H groups in total. The van der Waals surface area contributed by atoms with E-state index in [0.29, 0.717) is 0 Å². The van der Waals surface area contributed by atoms with Crippen LogP contribution in [0.25, 0.3) is 0 Å². The number of halogens is 3. The van der Waals surface area contributed by atoms with Crippen molar-refractivity contribution in [3.63, 3.8) is 0 Å². The van der Waals surface area contributed by atoms with Gasteiger partial charge in [0.05, 0.1) is 14.9 Å². The molecule has 1 heterocycles. The van der Waals surface area contributed by atoms with Gasteiger partial charge in [-0.2, -0.15) is 0 Å². The largest absolute Gasteiger partial charge is 0.320 e. The second-order valence-corrected chi connectivity index (χ2v) is 7.36. The van der Waals surface area contributed by atoms with E-state index in [1.165, 1.54) is 3.57 Å². The van der Waals surface area contributed by atoms with Gasteiger partial charge in [0.1, 0.15) is 0 Å². The van der Waals surface area contributed by atoms with Crippen LogP contribution in [0.3, 0.4) is 0 Å². The summed E-state index contributed by atoms with van der Waals surface area (Å²) in [5.41, 5.74) is 7.30. The van der Waals surface area contributed by atoms with Gasteiger partial charge in [0.25, 0.3) is 0 Å². The first kappa shape index (κ1) is 12.8. The van der Waals surface area contributed by atoms with Crippen LogP contribution in [0, 0.1) is 3.57 Å². The molecule has 0 aliphatic carbocycles. The summed E-state index contributed by atoms with van der Waals surface area (Å²) in [4.78, 5) is 1.07. The fourth-order valence-electron chi connectivity index (χ4n) is 1.38. The van der Waals surface area contributed by atoms with Gasteiger partial charge in [0.15, 0.2) is 0 Å². The van der Waals surface area contributed by atoms with Gasteiger partial charge in [-0.15, -0.1) is 11.3 Å². The van der Waals surface area contributed by atoms with Crippen molar-refractivity contribution >= 4 is 61.5 Å². The van der Waals surface area contributed by atoms with E-state index in [2.05, 4.69) is 44.6 Å². The summed E-state index contributed by atoms with van der Waals surface area (Å²) in [7, 11) is 0. The second-order valence-electron chi connectivity index (χ2n) is 3.30. The van der Waals surface area contributed by atoms with Crippen LogP contribution in [0.4, 0.5) is 0 Å². The number of nitrogens with two attached hydrogens (primary N) is 1. The monoisotopic (exact) mass is 427 g/mol. The molecule has 0 aliphatic heterocycles. The molecule has 1 atom stereocenters. The third kappa shape index (κ3) is 2.79. The third-order valence-electron chi connectivity index (χ3n) is 2.18. The molecule has 84 valence electrons. The molecule has 1 aromatic heterocycles. The Morgan fingerprint density at radius 2 is 2.12 bits per heavy atom. The molecule has 0 radical (unpaired) electrons. The van der Waals surface area contributed by atoms with Crippen LogP contribution in [-0.4, -0.2) is 0 Å². The van der Waals surface area contributed by atoms with E-state index >= 15 is 0 Å². The highest BCUT2D eigenvalue weighted by Gasteiger charge is 2.13. The van der Waals surface area contributed by atoms with Gasteiger partial charge >= 0.3 is 0 Å². The van der Waals surface area contributed by atoms with Gasteiger partial charge in [-0.1, -0.05) is 23.7 Å². The summed E-state index contributed by atoms with van der Waals surface area (Å²) < 4.78 is 2.12. The van der Waals surface area contributed by atoms with E-state index in [1.807, 2.05) is 24.3 Å². The van der Waals surface area contributed by atoms with Crippen molar-refractivity contribution in [3.8, 4) is 0 Å². The summed E-state index contributed by atoms with van der Waals surface area (Å²) >= 11 is 13.3. The molecule has 1 nitrogen and oxygen atoms in total. The molecular formula is C11H8BrClINS. The number of rotatable bonds is 2. The predicted octanol–water partition coefficient (Wildman–Crippen LogP) is 4.82. The van der Waals surface area contributed by atoms with Crippen molar-refractivity contribution < 1.29 is 0 Å². The normalized spacial score (nSPS) is 12.8. The first-order valence-electron chi connectivity index (χ1n) is 4.53. The van der Waals surface area contributed by atoms with Crippen molar-refractivity contribution in [2.75, 3.05) is 0 Å². The number of hydrogen-bond donors (Lipinski definition) is 1. The number of thiophene rings is 1. The predicted molar refractivity (Wildman–Crippen MR) is 82.2 cm³/mol.